The first kappa shape index (κ1) is 13.5. The lowest BCUT2D eigenvalue weighted by Crippen LogP contribution is -2.20. The lowest BCUT2D eigenvalue weighted by molar-refractivity contribution is 0.0808. The summed E-state index contributed by atoms with van der Waals surface area (Å²) >= 11 is 0. The number of hydrogen-bond acceptors (Lipinski definition) is 3. The summed E-state index contributed by atoms with van der Waals surface area (Å²) in [7, 11) is 0. The van der Waals surface area contributed by atoms with Gasteiger partial charge in [-0.05, 0) is 25.8 Å². The van der Waals surface area contributed by atoms with E-state index in [1.165, 1.54) is 11.1 Å². The molecule has 0 saturated carbocycles. The monoisotopic (exact) mass is 249 g/mol. The van der Waals surface area contributed by atoms with Crippen LogP contribution in [0.15, 0.2) is 18.2 Å². The molecule has 0 aliphatic carbocycles. The van der Waals surface area contributed by atoms with Crippen molar-refractivity contribution < 1.29 is 9.47 Å². The minimum Gasteiger partial charge on any atom is -0.381 e. The maximum atomic E-state index is 6.16. The minimum absolute atomic E-state index is 0.0362. The second-order valence-electron chi connectivity index (χ2n) is 5.29. The summed E-state index contributed by atoms with van der Waals surface area (Å²) in [5, 5.41) is 0. The van der Waals surface area contributed by atoms with E-state index in [9.17, 15) is 0 Å². The summed E-state index contributed by atoms with van der Waals surface area (Å²) in [6.45, 7) is 7.24. The molecule has 1 heterocycles. The molecule has 3 heteroatoms. The van der Waals surface area contributed by atoms with Gasteiger partial charge in [-0.15, -0.1) is 0 Å². The second-order valence-corrected chi connectivity index (χ2v) is 5.29. The lowest BCUT2D eigenvalue weighted by atomic mass is 10.0. The molecule has 2 unspecified atom stereocenters. The van der Waals surface area contributed by atoms with Gasteiger partial charge < -0.3 is 15.2 Å². The first-order chi connectivity index (χ1) is 8.65. The Balaban J connectivity index is 1.81. The van der Waals surface area contributed by atoms with Gasteiger partial charge >= 0.3 is 0 Å². The van der Waals surface area contributed by atoms with E-state index in [0.717, 1.165) is 31.8 Å². The van der Waals surface area contributed by atoms with Gasteiger partial charge in [0.25, 0.3) is 0 Å². The van der Waals surface area contributed by atoms with Crippen LogP contribution in [0.4, 0.5) is 0 Å². The fourth-order valence-corrected chi connectivity index (χ4v) is 2.40. The van der Waals surface area contributed by atoms with E-state index in [-0.39, 0.29) is 6.04 Å². The van der Waals surface area contributed by atoms with Crippen LogP contribution in [-0.4, -0.2) is 26.4 Å². The minimum atomic E-state index is -0.0362. The van der Waals surface area contributed by atoms with Crippen molar-refractivity contribution in [3.05, 3.63) is 34.9 Å². The highest BCUT2D eigenvalue weighted by Gasteiger charge is 2.16. The van der Waals surface area contributed by atoms with Crippen molar-refractivity contribution in [3.8, 4) is 0 Å². The molecule has 0 spiro atoms. The van der Waals surface area contributed by atoms with Crippen molar-refractivity contribution >= 4 is 0 Å². The van der Waals surface area contributed by atoms with E-state index in [0.29, 0.717) is 12.5 Å². The molecule has 18 heavy (non-hydrogen) atoms. The second kappa shape index (κ2) is 6.32. The Labute approximate surface area is 109 Å². The zero-order chi connectivity index (χ0) is 13.0. The molecule has 2 rings (SSSR count). The number of aryl methyl sites for hydroxylation is 2. The average Bonchev–Trinajstić information content (AvgIpc) is 2.80. The molecule has 0 radical (unpaired) electrons. The number of benzene rings is 1. The first-order valence-electron chi connectivity index (χ1n) is 6.64. The van der Waals surface area contributed by atoms with Crippen molar-refractivity contribution in [2.45, 2.75) is 26.3 Å². The highest BCUT2D eigenvalue weighted by Crippen LogP contribution is 2.17. The molecule has 1 aromatic rings. The van der Waals surface area contributed by atoms with Gasteiger partial charge in [-0.25, -0.2) is 0 Å². The largest absolute Gasteiger partial charge is 0.381 e. The molecule has 3 nitrogen and oxygen atoms in total. The van der Waals surface area contributed by atoms with Crippen LogP contribution in [-0.2, 0) is 9.47 Å². The molecule has 2 N–H and O–H groups in total. The zero-order valence-electron chi connectivity index (χ0n) is 11.3. The lowest BCUT2D eigenvalue weighted by Gasteiger charge is -2.15. The number of nitrogens with two attached hydrogens (primary N) is 1. The normalized spacial score (nSPS) is 21.2. The van der Waals surface area contributed by atoms with E-state index < -0.39 is 0 Å². The maximum absolute atomic E-state index is 6.16. The Bertz CT molecular complexity index is 366. The van der Waals surface area contributed by atoms with Gasteiger partial charge in [0.2, 0.25) is 0 Å². The molecule has 1 saturated heterocycles. The van der Waals surface area contributed by atoms with Crippen LogP contribution < -0.4 is 5.73 Å². The van der Waals surface area contributed by atoms with Crippen LogP contribution in [0.1, 0.15) is 29.2 Å². The molecule has 0 aromatic heterocycles. The van der Waals surface area contributed by atoms with Crippen molar-refractivity contribution in [2.75, 3.05) is 26.4 Å². The molecular formula is C15H23NO2. The maximum Gasteiger partial charge on any atom is 0.0659 e. The summed E-state index contributed by atoms with van der Waals surface area (Å²) in [6.07, 6.45) is 1.11. The number of hydrogen-bond donors (Lipinski definition) is 1. The predicted molar refractivity (Wildman–Crippen MR) is 72.6 cm³/mol. The van der Waals surface area contributed by atoms with E-state index in [1.54, 1.807) is 0 Å². The molecular weight excluding hydrogens is 226 g/mol. The summed E-state index contributed by atoms with van der Waals surface area (Å²) in [6, 6.07) is 6.40. The molecule has 1 aliphatic heterocycles. The fraction of sp³-hybridized carbons (Fsp3) is 0.600. The quantitative estimate of drug-likeness (QED) is 0.871. The van der Waals surface area contributed by atoms with E-state index in [2.05, 4.69) is 32.0 Å². The summed E-state index contributed by atoms with van der Waals surface area (Å²) < 4.78 is 11.0. The Morgan fingerprint density at radius 2 is 2.06 bits per heavy atom. The van der Waals surface area contributed by atoms with Crippen molar-refractivity contribution in [3.63, 3.8) is 0 Å². The Morgan fingerprint density at radius 1 is 1.33 bits per heavy atom. The van der Waals surface area contributed by atoms with Gasteiger partial charge in [-0.2, -0.15) is 0 Å². The Kier molecular flexibility index (Phi) is 4.75. The number of ether oxygens (including phenoxy) is 2. The van der Waals surface area contributed by atoms with Crippen LogP contribution in [0, 0.1) is 19.8 Å². The molecule has 2 atom stereocenters. The molecule has 100 valence electrons. The smallest absolute Gasteiger partial charge is 0.0659 e. The SMILES string of the molecule is Cc1cc(C)cc(C(N)COCC2CCOC2)c1. The fourth-order valence-electron chi connectivity index (χ4n) is 2.40. The Morgan fingerprint density at radius 3 is 2.67 bits per heavy atom. The zero-order valence-corrected chi connectivity index (χ0v) is 11.3. The van der Waals surface area contributed by atoms with Crippen LogP contribution in [0.5, 0.6) is 0 Å². The van der Waals surface area contributed by atoms with Gasteiger partial charge in [0.15, 0.2) is 0 Å². The van der Waals surface area contributed by atoms with Gasteiger partial charge in [0.1, 0.15) is 0 Å². The van der Waals surface area contributed by atoms with Gasteiger partial charge in [0, 0.05) is 12.5 Å². The molecule has 0 amide bonds. The van der Waals surface area contributed by atoms with Crippen molar-refractivity contribution in [1.29, 1.82) is 0 Å². The van der Waals surface area contributed by atoms with E-state index in [4.69, 9.17) is 15.2 Å². The topological polar surface area (TPSA) is 44.5 Å². The van der Waals surface area contributed by atoms with E-state index >= 15 is 0 Å². The summed E-state index contributed by atoms with van der Waals surface area (Å²) in [5.41, 5.74) is 9.83. The van der Waals surface area contributed by atoms with Gasteiger partial charge in [0.05, 0.1) is 25.9 Å². The summed E-state index contributed by atoms with van der Waals surface area (Å²) in [5.74, 6) is 0.552. The van der Waals surface area contributed by atoms with Gasteiger partial charge in [-0.1, -0.05) is 29.3 Å². The van der Waals surface area contributed by atoms with Crippen LogP contribution in [0.3, 0.4) is 0 Å². The van der Waals surface area contributed by atoms with Gasteiger partial charge in [-0.3, -0.25) is 0 Å². The predicted octanol–water partition coefficient (Wildman–Crippen LogP) is 2.36. The molecule has 1 aromatic carbocycles. The van der Waals surface area contributed by atoms with E-state index in [1.807, 2.05) is 0 Å². The van der Waals surface area contributed by atoms with Crippen LogP contribution in [0.2, 0.25) is 0 Å². The summed E-state index contributed by atoms with van der Waals surface area (Å²) in [4.78, 5) is 0. The van der Waals surface area contributed by atoms with Crippen molar-refractivity contribution in [2.24, 2.45) is 11.7 Å². The van der Waals surface area contributed by atoms with Crippen molar-refractivity contribution in [1.82, 2.24) is 0 Å². The molecule has 0 bridgehead atoms. The highest BCUT2D eigenvalue weighted by atomic mass is 16.5. The third-order valence-electron chi connectivity index (χ3n) is 3.35. The number of rotatable bonds is 5. The Hall–Kier alpha value is -0.900. The van der Waals surface area contributed by atoms with Crippen LogP contribution >= 0.6 is 0 Å². The first-order valence-corrected chi connectivity index (χ1v) is 6.64. The molecule has 1 fully saturated rings. The third kappa shape index (κ3) is 3.80. The third-order valence-corrected chi connectivity index (χ3v) is 3.35. The average molecular weight is 249 g/mol. The molecule has 1 aliphatic rings. The standard InChI is InChI=1S/C15H23NO2/c1-11-5-12(2)7-14(6-11)15(16)10-18-9-13-3-4-17-8-13/h5-7,13,15H,3-4,8-10,16H2,1-2H3. The highest BCUT2D eigenvalue weighted by molar-refractivity contribution is 5.30. The van der Waals surface area contributed by atoms with Crippen LogP contribution in [0.25, 0.3) is 0 Å².